The first-order chi connectivity index (χ1) is 12.7. The number of nitrogens with zero attached hydrogens (tertiary/aromatic N) is 1. The quantitative estimate of drug-likeness (QED) is 0.748. The van der Waals surface area contributed by atoms with Crippen LogP contribution in [-0.2, 0) is 17.8 Å². The molecular formula is C21H23NO4. The number of hydrogen-bond donors (Lipinski definition) is 0. The highest BCUT2D eigenvalue weighted by Gasteiger charge is 2.20. The van der Waals surface area contributed by atoms with Gasteiger partial charge in [-0.25, -0.2) is 0 Å². The minimum absolute atomic E-state index is 0.0423. The van der Waals surface area contributed by atoms with Gasteiger partial charge >= 0.3 is 0 Å². The second kappa shape index (κ2) is 8.43. The molecule has 1 heterocycles. The highest BCUT2D eigenvalue weighted by atomic mass is 16.5. The van der Waals surface area contributed by atoms with Crippen LogP contribution in [0.15, 0.2) is 55.1 Å². The fraction of sp³-hybridized carbons (Fsp3) is 0.286. The smallest absolute Gasteiger partial charge is 0.260 e. The molecule has 0 saturated carbocycles. The van der Waals surface area contributed by atoms with Gasteiger partial charge in [0, 0.05) is 12.1 Å². The molecule has 0 saturated heterocycles. The SMILES string of the molecule is C=CCc1ccc(OCC(=O)N2CCOc3ccccc3C2)c(OC)c1. The monoisotopic (exact) mass is 353 g/mol. The number of para-hydroxylation sites is 1. The number of carbonyl (C=O) groups excluding carboxylic acids is 1. The predicted molar refractivity (Wildman–Crippen MR) is 99.7 cm³/mol. The van der Waals surface area contributed by atoms with Crippen molar-refractivity contribution < 1.29 is 19.0 Å². The van der Waals surface area contributed by atoms with E-state index in [1.165, 1.54) is 0 Å². The Balaban J connectivity index is 1.64. The Morgan fingerprint density at radius 2 is 2.12 bits per heavy atom. The first-order valence-corrected chi connectivity index (χ1v) is 8.60. The summed E-state index contributed by atoms with van der Waals surface area (Å²) in [5, 5.41) is 0. The van der Waals surface area contributed by atoms with Gasteiger partial charge in [-0.15, -0.1) is 6.58 Å². The van der Waals surface area contributed by atoms with Crippen molar-refractivity contribution in [2.75, 3.05) is 26.9 Å². The first-order valence-electron chi connectivity index (χ1n) is 8.60. The van der Waals surface area contributed by atoms with Crippen molar-refractivity contribution >= 4 is 5.91 Å². The van der Waals surface area contributed by atoms with Crippen molar-refractivity contribution in [2.24, 2.45) is 0 Å². The van der Waals surface area contributed by atoms with Crippen molar-refractivity contribution in [1.29, 1.82) is 0 Å². The molecule has 0 bridgehead atoms. The molecule has 2 aromatic carbocycles. The van der Waals surface area contributed by atoms with Crippen molar-refractivity contribution in [2.45, 2.75) is 13.0 Å². The van der Waals surface area contributed by atoms with Crippen LogP contribution in [0.1, 0.15) is 11.1 Å². The fourth-order valence-corrected chi connectivity index (χ4v) is 2.89. The number of allylic oxidation sites excluding steroid dienone is 1. The van der Waals surface area contributed by atoms with E-state index in [1.54, 1.807) is 12.0 Å². The van der Waals surface area contributed by atoms with Crippen LogP contribution in [0.2, 0.25) is 0 Å². The lowest BCUT2D eigenvalue weighted by molar-refractivity contribution is -0.134. The van der Waals surface area contributed by atoms with Gasteiger partial charge in [0.15, 0.2) is 18.1 Å². The fourth-order valence-electron chi connectivity index (χ4n) is 2.89. The number of benzene rings is 2. The van der Waals surface area contributed by atoms with Crippen LogP contribution in [-0.4, -0.2) is 37.7 Å². The van der Waals surface area contributed by atoms with Gasteiger partial charge in [-0.1, -0.05) is 30.3 Å². The summed E-state index contributed by atoms with van der Waals surface area (Å²) in [5.41, 5.74) is 2.08. The Bertz CT molecular complexity index is 787. The van der Waals surface area contributed by atoms with Gasteiger partial charge < -0.3 is 19.1 Å². The van der Waals surface area contributed by atoms with Crippen molar-refractivity contribution in [3.63, 3.8) is 0 Å². The summed E-state index contributed by atoms with van der Waals surface area (Å²) in [5.74, 6) is 1.92. The van der Waals surface area contributed by atoms with E-state index in [0.29, 0.717) is 31.2 Å². The maximum atomic E-state index is 12.6. The van der Waals surface area contributed by atoms with Crippen LogP contribution in [0.3, 0.4) is 0 Å². The van der Waals surface area contributed by atoms with E-state index in [0.717, 1.165) is 23.3 Å². The zero-order valence-corrected chi connectivity index (χ0v) is 14.9. The van der Waals surface area contributed by atoms with Crippen molar-refractivity contribution in [3.05, 3.63) is 66.2 Å². The molecule has 0 spiro atoms. The molecule has 136 valence electrons. The Kier molecular flexibility index (Phi) is 5.79. The summed E-state index contributed by atoms with van der Waals surface area (Å²) in [4.78, 5) is 14.3. The van der Waals surface area contributed by atoms with Crippen LogP contribution in [0.25, 0.3) is 0 Å². The molecule has 0 radical (unpaired) electrons. The Morgan fingerprint density at radius 1 is 1.27 bits per heavy atom. The lowest BCUT2D eigenvalue weighted by Crippen LogP contribution is -2.36. The van der Waals surface area contributed by atoms with Crippen LogP contribution in [0.5, 0.6) is 17.2 Å². The van der Waals surface area contributed by atoms with Gasteiger partial charge in [0.25, 0.3) is 5.91 Å². The van der Waals surface area contributed by atoms with Gasteiger partial charge in [-0.05, 0) is 30.2 Å². The summed E-state index contributed by atoms with van der Waals surface area (Å²) in [6, 6.07) is 13.5. The molecule has 0 aromatic heterocycles. The van der Waals surface area contributed by atoms with Crippen LogP contribution >= 0.6 is 0 Å². The summed E-state index contributed by atoms with van der Waals surface area (Å²) >= 11 is 0. The standard InChI is InChI=1S/C21H23NO4/c1-3-6-16-9-10-19(20(13-16)24-2)26-15-21(23)22-11-12-25-18-8-5-4-7-17(18)14-22/h3-5,7-10,13H,1,6,11-12,14-15H2,2H3. The Hall–Kier alpha value is -2.95. The highest BCUT2D eigenvalue weighted by Crippen LogP contribution is 2.28. The molecule has 0 aliphatic carbocycles. The summed E-state index contributed by atoms with van der Waals surface area (Å²) in [6.07, 6.45) is 2.58. The molecule has 1 aliphatic rings. The first kappa shape index (κ1) is 17.9. The molecule has 0 N–H and O–H groups in total. The number of carbonyl (C=O) groups is 1. The second-order valence-corrected chi connectivity index (χ2v) is 6.04. The Morgan fingerprint density at radius 3 is 2.92 bits per heavy atom. The molecule has 0 unspecified atom stereocenters. The molecule has 26 heavy (non-hydrogen) atoms. The lowest BCUT2D eigenvalue weighted by atomic mass is 10.1. The number of ether oxygens (including phenoxy) is 3. The normalized spacial score (nSPS) is 13.2. The van der Waals surface area contributed by atoms with Crippen LogP contribution in [0, 0.1) is 0 Å². The van der Waals surface area contributed by atoms with Gasteiger partial charge in [-0.2, -0.15) is 0 Å². The average molecular weight is 353 g/mol. The molecule has 0 fully saturated rings. The second-order valence-electron chi connectivity index (χ2n) is 6.04. The average Bonchev–Trinajstić information content (AvgIpc) is 2.89. The molecule has 0 atom stereocenters. The van der Waals surface area contributed by atoms with Gasteiger partial charge in [0.2, 0.25) is 0 Å². The van der Waals surface area contributed by atoms with E-state index in [2.05, 4.69) is 6.58 Å². The van der Waals surface area contributed by atoms with Gasteiger partial charge in [0.05, 0.1) is 13.7 Å². The number of hydrogen-bond acceptors (Lipinski definition) is 4. The summed E-state index contributed by atoms with van der Waals surface area (Å²) in [6.45, 7) is 5.22. The van der Waals surface area contributed by atoms with Crippen molar-refractivity contribution in [1.82, 2.24) is 4.90 Å². The highest BCUT2D eigenvalue weighted by molar-refractivity contribution is 5.78. The third kappa shape index (κ3) is 4.17. The molecule has 5 nitrogen and oxygen atoms in total. The zero-order valence-electron chi connectivity index (χ0n) is 14.9. The molecular weight excluding hydrogens is 330 g/mol. The number of amides is 1. The van der Waals surface area contributed by atoms with Gasteiger partial charge in [-0.3, -0.25) is 4.79 Å². The van der Waals surface area contributed by atoms with E-state index in [1.807, 2.05) is 48.5 Å². The van der Waals surface area contributed by atoms with Crippen LogP contribution in [0.4, 0.5) is 0 Å². The number of rotatable bonds is 6. The summed E-state index contributed by atoms with van der Waals surface area (Å²) in [7, 11) is 1.59. The molecule has 1 aliphatic heterocycles. The minimum atomic E-state index is -0.0810. The van der Waals surface area contributed by atoms with Crippen molar-refractivity contribution in [3.8, 4) is 17.2 Å². The third-order valence-corrected chi connectivity index (χ3v) is 4.26. The largest absolute Gasteiger partial charge is 0.493 e. The topological polar surface area (TPSA) is 48.0 Å². The zero-order chi connectivity index (χ0) is 18.4. The number of fused-ring (bicyclic) bond motifs is 1. The van der Waals surface area contributed by atoms with E-state index >= 15 is 0 Å². The molecule has 2 aromatic rings. The maximum Gasteiger partial charge on any atom is 0.260 e. The molecule has 1 amide bonds. The van der Waals surface area contributed by atoms with E-state index in [4.69, 9.17) is 14.2 Å². The predicted octanol–water partition coefficient (Wildman–Crippen LogP) is 3.22. The minimum Gasteiger partial charge on any atom is -0.493 e. The number of methoxy groups -OCH3 is 1. The third-order valence-electron chi connectivity index (χ3n) is 4.26. The van der Waals surface area contributed by atoms with E-state index in [-0.39, 0.29) is 12.5 Å². The van der Waals surface area contributed by atoms with E-state index in [9.17, 15) is 4.79 Å². The Labute approximate surface area is 153 Å². The van der Waals surface area contributed by atoms with Crippen LogP contribution < -0.4 is 14.2 Å². The lowest BCUT2D eigenvalue weighted by Gasteiger charge is -2.20. The maximum absolute atomic E-state index is 12.6. The van der Waals surface area contributed by atoms with Gasteiger partial charge in [0.1, 0.15) is 12.4 Å². The molecule has 5 heteroatoms. The summed E-state index contributed by atoms with van der Waals surface area (Å²) < 4.78 is 16.8. The van der Waals surface area contributed by atoms with E-state index < -0.39 is 0 Å². The molecule has 3 rings (SSSR count).